The number of hydrogen-bond acceptors (Lipinski definition) is 3. The quantitative estimate of drug-likeness (QED) is 0.789. The summed E-state index contributed by atoms with van der Waals surface area (Å²) in [5.41, 5.74) is 6.12. The molecule has 0 aliphatic rings. The van der Waals surface area contributed by atoms with E-state index in [2.05, 4.69) is 37.4 Å². The van der Waals surface area contributed by atoms with Crippen LogP contribution >= 0.6 is 0 Å². The predicted octanol–water partition coefficient (Wildman–Crippen LogP) is 2.00. The average molecular weight is 332 g/mol. The van der Waals surface area contributed by atoms with Gasteiger partial charge in [0.25, 0.3) is 0 Å². The summed E-state index contributed by atoms with van der Waals surface area (Å²) in [5, 5.41) is 2.37. The second kappa shape index (κ2) is 7.35. The highest BCUT2D eigenvalue weighted by Gasteiger charge is 2.43. The first-order valence-corrected chi connectivity index (χ1v) is 12.6. The largest absolute Gasteiger partial charge is 0.428 e. The van der Waals surface area contributed by atoms with Crippen molar-refractivity contribution in [2.24, 2.45) is 5.73 Å². The van der Waals surface area contributed by atoms with Crippen molar-refractivity contribution in [3.05, 3.63) is 60.7 Å². The monoisotopic (exact) mass is 331 g/mol. The highest BCUT2D eigenvalue weighted by atomic mass is 28.4. The molecule has 2 unspecified atom stereocenters. The minimum absolute atomic E-state index is 0.541. The molecule has 0 bridgehead atoms. The fourth-order valence-corrected chi connectivity index (χ4v) is 10.2. The number of rotatable bonds is 7. The van der Waals surface area contributed by atoms with E-state index >= 15 is 0 Å². The van der Waals surface area contributed by atoms with Gasteiger partial charge in [0.1, 0.15) is 0 Å². The summed E-state index contributed by atoms with van der Waals surface area (Å²) in [4.78, 5) is 0. The minimum Gasteiger partial charge on any atom is -0.428 e. The van der Waals surface area contributed by atoms with Crippen LogP contribution in [0.15, 0.2) is 60.7 Å². The lowest BCUT2D eigenvalue weighted by molar-refractivity contribution is 0.269. The van der Waals surface area contributed by atoms with Gasteiger partial charge >= 0.3 is 8.56 Å². The van der Waals surface area contributed by atoms with Crippen LogP contribution in [0.5, 0.6) is 0 Å². The van der Waals surface area contributed by atoms with Crippen molar-refractivity contribution in [1.82, 2.24) is 0 Å². The molecular weight excluding hydrogens is 306 g/mol. The van der Waals surface area contributed by atoms with E-state index in [0.29, 0.717) is 12.8 Å². The smallest absolute Gasteiger partial charge is 0.359 e. The summed E-state index contributed by atoms with van der Waals surface area (Å²) in [5.74, 6) is 0. The average Bonchev–Trinajstić information content (AvgIpc) is 2.56. The van der Waals surface area contributed by atoms with Crippen LogP contribution in [-0.2, 0) is 8.54 Å². The van der Waals surface area contributed by atoms with E-state index in [9.17, 15) is 0 Å². The Morgan fingerprint density at radius 2 is 1.36 bits per heavy atom. The van der Waals surface area contributed by atoms with E-state index in [0.717, 1.165) is 5.19 Å². The Morgan fingerprint density at radius 1 is 0.864 bits per heavy atom. The Kier molecular flexibility index (Phi) is 5.71. The van der Waals surface area contributed by atoms with Crippen molar-refractivity contribution < 1.29 is 8.54 Å². The summed E-state index contributed by atoms with van der Waals surface area (Å²) in [7, 11) is -4.72. The van der Waals surface area contributed by atoms with Crippen molar-refractivity contribution in [1.29, 1.82) is 0 Å². The topological polar surface area (TPSA) is 44.5 Å². The summed E-state index contributed by atoms with van der Waals surface area (Å²) in [6, 6.07) is 20.6. The maximum Gasteiger partial charge on any atom is 0.359 e. The van der Waals surface area contributed by atoms with Gasteiger partial charge in [0, 0.05) is 12.8 Å². The van der Waals surface area contributed by atoms with Crippen molar-refractivity contribution >= 4 is 27.3 Å². The minimum atomic E-state index is -2.48. The van der Waals surface area contributed by atoms with Crippen molar-refractivity contribution in [2.45, 2.75) is 20.0 Å². The zero-order valence-electron chi connectivity index (χ0n) is 13.6. The lowest BCUT2D eigenvalue weighted by atomic mass is 10.4. The molecule has 0 fully saturated rings. The van der Waals surface area contributed by atoms with Crippen LogP contribution in [0.2, 0.25) is 13.1 Å². The highest BCUT2D eigenvalue weighted by Crippen LogP contribution is 2.16. The van der Waals surface area contributed by atoms with Crippen LogP contribution in [0.3, 0.4) is 0 Å². The Hall–Kier alpha value is -1.25. The van der Waals surface area contributed by atoms with E-state index < -0.39 is 16.9 Å². The predicted molar refractivity (Wildman–Crippen MR) is 97.2 cm³/mol. The fraction of sp³-hybridized carbons (Fsp3) is 0.294. The molecule has 0 aliphatic heterocycles. The second-order valence-electron chi connectivity index (χ2n) is 5.65. The molecule has 0 radical (unpaired) electrons. The van der Waals surface area contributed by atoms with Gasteiger partial charge in [-0.1, -0.05) is 60.7 Å². The summed E-state index contributed by atoms with van der Waals surface area (Å²) in [6.07, 6.45) is 0.541. The van der Waals surface area contributed by atoms with Crippen molar-refractivity contribution in [3.8, 4) is 0 Å². The molecule has 118 valence electrons. The summed E-state index contributed by atoms with van der Waals surface area (Å²) in [6.45, 7) is 6.95. The number of nitrogens with two attached hydrogens (primary N) is 1. The molecule has 22 heavy (non-hydrogen) atoms. The Balaban J connectivity index is 2.37. The highest BCUT2D eigenvalue weighted by molar-refractivity contribution is 6.95. The van der Waals surface area contributed by atoms with Crippen molar-refractivity contribution in [3.63, 3.8) is 0 Å². The van der Waals surface area contributed by atoms with Crippen LogP contribution in [0, 0.1) is 0 Å². The second-order valence-corrected chi connectivity index (χ2v) is 12.7. The molecule has 2 atom stereocenters. The van der Waals surface area contributed by atoms with Gasteiger partial charge in [-0.05, 0) is 30.4 Å². The van der Waals surface area contributed by atoms with E-state index in [-0.39, 0.29) is 0 Å². The van der Waals surface area contributed by atoms with Crippen LogP contribution in [-0.4, -0.2) is 29.7 Å². The molecule has 0 amide bonds. The Morgan fingerprint density at radius 3 is 1.82 bits per heavy atom. The molecule has 0 aliphatic carbocycles. The lowest BCUT2D eigenvalue weighted by Gasteiger charge is -2.37. The third-order valence-corrected chi connectivity index (χ3v) is 11.8. The van der Waals surface area contributed by atoms with Gasteiger partial charge in [0.2, 0.25) is 8.32 Å². The maximum absolute atomic E-state index is 6.72. The molecule has 5 heteroatoms. The number of benzene rings is 2. The van der Waals surface area contributed by atoms with Gasteiger partial charge in [0.15, 0.2) is 0 Å². The first kappa shape index (κ1) is 17.1. The molecule has 3 nitrogen and oxygen atoms in total. The SMILES string of the molecule is CCO[Si](C)(O[Si](C)(CN)c1ccccc1)c1ccccc1. The zero-order chi connectivity index (χ0) is 16.1. The summed E-state index contributed by atoms with van der Waals surface area (Å²) >= 11 is 0. The van der Waals surface area contributed by atoms with Gasteiger partial charge < -0.3 is 14.3 Å². The first-order valence-electron chi connectivity index (χ1n) is 7.69. The third-order valence-electron chi connectivity index (χ3n) is 3.91. The normalized spacial score (nSPS) is 16.7. The Labute approximate surface area is 135 Å². The molecule has 2 rings (SSSR count). The van der Waals surface area contributed by atoms with Crippen LogP contribution in [0.25, 0.3) is 0 Å². The molecular formula is C17H25NO2Si2. The van der Waals surface area contributed by atoms with Crippen LogP contribution < -0.4 is 16.1 Å². The standard InChI is InChI=1S/C17H25NO2Si2/c1-4-19-22(3,17-13-9-6-10-14-17)20-21(2,15-18)16-11-7-5-8-12-16/h5-14H,4,15,18H2,1-3H3. The van der Waals surface area contributed by atoms with Gasteiger partial charge in [-0.2, -0.15) is 0 Å². The van der Waals surface area contributed by atoms with Crippen molar-refractivity contribution in [2.75, 3.05) is 12.8 Å². The molecule has 2 aromatic rings. The van der Waals surface area contributed by atoms with Crippen LogP contribution in [0.1, 0.15) is 6.92 Å². The van der Waals surface area contributed by atoms with Crippen LogP contribution in [0.4, 0.5) is 0 Å². The van der Waals surface area contributed by atoms with E-state index in [1.807, 2.05) is 43.3 Å². The zero-order valence-corrected chi connectivity index (χ0v) is 15.6. The maximum atomic E-state index is 6.72. The van der Waals surface area contributed by atoms with E-state index in [1.54, 1.807) is 0 Å². The van der Waals surface area contributed by atoms with Gasteiger partial charge in [-0.3, -0.25) is 0 Å². The van der Waals surface area contributed by atoms with E-state index in [4.69, 9.17) is 14.3 Å². The molecule has 0 heterocycles. The molecule has 0 spiro atoms. The third kappa shape index (κ3) is 3.74. The molecule has 0 aromatic heterocycles. The Bertz CT molecular complexity index is 582. The first-order chi connectivity index (χ1) is 10.5. The fourth-order valence-electron chi connectivity index (χ4n) is 2.63. The molecule has 2 aromatic carbocycles. The molecule has 0 saturated carbocycles. The van der Waals surface area contributed by atoms with Gasteiger partial charge in [-0.25, -0.2) is 0 Å². The van der Waals surface area contributed by atoms with Gasteiger partial charge in [0.05, 0.1) is 0 Å². The molecule has 2 N–H and O–H groups in total. The van der Waals surface area contributed by atoms with E-state index in [1.165, 1.54) is 5.19 Å². The molecule has 0 saturated heterocycles. The lowest BCUT2D eigenvalue weighted by Crippen LogP contribution is -2.65. The number of hydrogen-bond donors (Lipinski definition) is 1. The summed E-state index contributed by atoms with van der Waals surface area (Å²) < 4.78 is 12.8. The van der Waals surface area contributed by atoms with Gasteiger partial charge in [-0.15, -0.1) is 0 Å².